The maximum Gasteiger partial charge on any atom is 0.217 e. The zero-order chi connectivity index (χ0) is 13.2. The fourth-order valence-corrected chi connectivity index (χ4v) is 2.16. The summed E-state index contributed by atoms with van der Waals surface area (Å²) in [4.78, 5) is 10.9. The molecule has 1 aliphatic heterocycles. The molecule has 6 heteroatoms. The van der Waals surface area contributed by atoms with Crippen molar-refractivity contribution in [1.82, 2.24) is 5.32 Å². The Labute approximate surface area is 101 Å². The molecular weight excluding hydrogens is 226 g/mol. The van der Waals surface area contributed by atoms with Crippen molar-refractivity contribution in [2.24, 2.45) is 5.92 Å². The second kappa shape index (κ2) is 5.30. The zero-order valence-corrected chi connectivity index (χ0v) is 10.4. The average Bonchev–Trinajstić information content (AvgIpc) is 2.25. The normalized spacial score (nSPS) is 38.2. The minimum absolute atomic E-state index is 0.0660. The van der Waals surface area contributed by atoms with Crippen LogP contribution in [-0.2, 0) is 9.53 Å². The van der Waals surface area contributed by atoms with Gasteiger partial charge in [0.1, 0.15) is 17.8 Å². The summed E-state index contributed by atoms with van der Waals surface area (Å²) in [6, 6.07) is -0.652. The third kappa shape index (κ3) is 2.60. The van der Waals surface area contributed by atoms with Crippen LogP contribution in [0.3, 0.4) is 0 Å². The number of rotatable bonds is 3. The first-order chi connectivity index (χ1) is 7.85. The van der Waals surface area contributed by atoms with Crippen molar-refractivity contribution in [2.45, 2.75) is 44.6 Å². The zero-order valence-electron chi connectivity index (χ0n) is 10.4. The molecule has 0 saturated carbocycles. The molecule has 1 fully saturated rings. The highest BCUT2D eigenvalue weighted by molar-refractivity contribution is 5.73. The molecule has 4 N–H and O–H groups in total. The van der Waals surface area contributed by atoms with Crippen molar-refractivity contribution in [1.29, 1.82) is 0 Å². The monoisotopic (exact) mass is 247 g/mol. The Kier molecular flexibility index (Phi) is 4.48. The molecule has 0 spiro atoms. The Balaban J connectivity index is 2.83. The van der Waals surface area contributed by atoms with Crippen molar-refractivity contribution in [2.75, 3.05) is 13.2 Å². The van der Waals surface area contributed by atoms with Gasteiger partial charge in [-0.3, -0.25) is 4.79 Å². The highest BCUT2D eigenvalue weighted by Gasteiger charge is 2.51. The first-order valence-electron chi connectivity index (χ1n) is 5.73. The summed E-state index contributed by atoms with van der Waals surface area (Å²) in [6.45, 7) is 4.61. The molecule has 6 nitrogen and oxygen atoms in total. The minimum atomic E-state index is -1.24. The number of hydrogen-bond donors (Lipinski definition) is 4. The Hall–Kier alpha value is -0.690. The van der Waals surface area contributed by atoms with E-state index in [4.69, 9.17) is 4.74 Å². The summed E-state index contributed by atoms with van der Waals surface area (Å²) in [5, 5.41) is 31.9. The molecule has 4 atom stereocenters. The van der Waals surface area contributed by atoms with E-state index < -0.39 is 23.9 Å². The number of carbonyl (C=O) groups is 1. The van der Waals surface area contributed by atoms with Crippen LogP contribution in [0, 0.1) is 5.92 Å². The molecule has 0 aromatic heterocycles. The van der Waals surface area contributed by atoms with Crippen LogP contribution < -0.4 is 5.32 Å². The van der Waals surface area contributed by atoms with Gasteiger partial charge in [-0.2, -0.15) is 0 Å². The molecule has 1 rings (SSSR count). The highest BCUT2D eigenvalue weighted by atomic mass is 16.5. The fourth-order valence-electron chi connectivity index (χ4n) is 2.16. The lowest BCUT2D eigenvalue weighted by atomic mass is 9.79. The Morgan fingerprint density at radius 3 is 2.53 bits per heavy atom. The molecule has 0 aromatic rings. The molecule has 1 saturated heterocycles. The van der Waals surface area contributed by atoms with Crippen LogP contribution >= 0.6 is 0 Å². The van der Waals surface area contributed by atoms with E-state index in [1.807, 2.05) is 0 Å². The van der Waals surface area contributed by atoms with E-state index in [1.165, 1.54) is 6.92 Å². The number of hydrogen-bond acceptors (Lipinski definition) is 5. The lowest BCUT2D eigenvalue weighted by Gasteiger charge is -2.48. The molecule has 0 aromatic carbocycles. The predicted octanol–water partition coefficient (Wildman–Crippen LogP) is -1.37. The maximum absolute atomic E-state index is 10.9. The number of carbonyl (C=O) groups excluding carboxylic acids is 1. The lowest BCUT2D eigenvalue weighted by Crippen LogP contribution is -2.67. The molecule has 1 heterocycles. The van der Waals surface area contributed by atoms with Crippen molar-refractivity contribution >= 4 is 5.91 Å². The van der Waals surface area contributed by atoms with Crippen LogP contribution in [0.15, 0.2) is 0 Å². The van der Waals surface area contributed by atoms with E-state index in [1.54, 1.807) is 13.8 Å². The molecule has 1 amide bonds. The largest absolute Gasteiger partial charge is 0.393 e. The van der Waals surface area contributed by atoms with Crippen LogP contribution in [0.1, 0.15) is 20.8 Å². The smallest absolute Gasteiger partial charge is 0.217 e. The van der Waals surface area contributed by atoms with Gasteiger partial charge < -0.3 is 25.4 Å². The lowest BCUT2D eigenvalue weighted by molar-refractivity contribution is -0.239. The van der Waals surface area contributed by atoms with Gasteiger partial charge in [0.05, 0.1) is 19.3 Å². The van der Waals surface area contributed by atoms with Gasteiger partial charge in [0.2, 0.25) is 5.91 Å². The number of nitrogens with one attached hydrogen (secondary N) is 1. The summed E-state index contributed by atoms with van der Waals surface area (Å²) in [5.74, 6) is -0.457. The van der Waals surface area contributed by atoms with Crippen molar-refractivity contribution in [3.63, 3.8) is 0 Å². The maximum atomic E-state index is 10.9. The SMILES string of the molecule is CC(=O)NC1CO[C@](CO)(C(C)C)C(O)C1O. The van der Waals surface area contributed by atoms with E-state index in [0.717, 1.165) is 0 Å². The molecule has 100 valence electrons. The third-order valence-corrected chi connectivity index (χ3v) is 3.38. The molecular formula is C11H21NO5. The molecule has 1 aliphatic rings. The number of aliphatic hydroxyl groups is 3. The first-order valence-corrected chi connectivity index (χ1v) is 5.73. The fraction of sp³-hybridized carbons (Fsp3) is 0.909. The second-order valence-corrected chi connectivity index (χ2v) is 4.82. The Morgan fingerprint density at radius 1 is 1.53 bits per heavy atom. The molecule has 0 aliphatic carbocycles. The quantitative estimate of drug-likeness (QED) is 0.493. The van der Waals surface area contributed by atoms with Gasteiger partial charge in [0, 0.05) is 6.92 Å². The van der Waals surface area contributed by atoms with Gasteiger partial charge in [0.15, 0.2) is 0 Å². The summed E-state index contributed by atoms with van der Waals surface area (Å²) in [5.41, 5.74) is -1.17. The van der Waals surface area contributed by atoms with Crippen LogP contribution in [0.5, 0.6) is 0 Å². The van der Waals surface area contributed by atoms with E-state index in [2.05, 4.69) is 5.32 Å². The predicted molar refractivity (Wildman–Crippen MR) is 60.2 cm³/mol. The third-order valence-electron chi connectivity index (χ3n) is 3.38. The van der Waals surface area contributed by atoms with Crippen molar-refractivity contribution < 1.29 is 24.9 Å². The van der Waals surface area contributed by atoms with Gasteiger partial charge in [-0.05, 0) is 5.92 Å². The molecule has 17 heavy (non-hydrogen) atoms. The van der Waals surface area contributed by atoms with Crippen LogP contribution in [0.2, 0.25) is 0 Å². The highest BCUT2D eigenvalue weighted by Crippen LogP contribution is 2.32. The van der Waals surface area contributed by atoms with E-state index >= 15 is 0 Å². The van der Waals surface area contributed by atoms with E-state index in [0.29, 0.717) is 0 Å². The molecule has 3 unspecified atom stereocenters. The topological polar surface area (TPSA) is 99.0 Å². The van der Waals surface area contributed by atoms with Gasteiger partial charge >= 0.3 is 0 Å². The minimum Gasteiger partial charge on any atom is -0.393 e. The molecule has 0 radical (unpaired) electrons. The van der Waals surface area contributed by atoms with Gasteiger partial charge in [-0.1, -0.05) is 13.8 Å². The number of aliphatic hydroxyl groups excluding tert-OH is 3. The van der Waals surface area contributed by atoms with Crippen LogP contribution in [0.25, 0.3) is 0 Å². The summed E-state index contributed by atoms with van der Waals surface area (Å²) in [6.07, 6.45) is -2.39. The van der Waals surface area contributed by atoms with E-state index in [-0.39, 0.29) is 25.0 Å². The van der Waals surface area contributed by atoms with E-state index in [9.17, 15) is 20.1 Å². The van der Waals surface area contributed by atoms with Gasteiger partial charge in [0.25, 0.3) is 0 Å². The van der Waals surface area contributed by atoms with Gasteiger partial charge in [-0.25, -0.2) is 0 Å². The second-order valence-electron chi connectivity index (χ2n) is 4.82. The Bertz CT molecular complexity index is 283. The number of amides is 1. The standard InChI is InChI=1S/C11H21NO5/c1-6(2)11(5-13)10(16)9(15)8(4-17-11)12-7(3)14/h6,8-10,13,15-16H,4-5H2,1-3H3,(H,12,14)/t8?,9?,10?,11-/m1/s1. The first kappa shape index (κ1) is 14.4. The summed E-state index contributed by atoms with van der Waals surface area (Å²) in [7, 11) is 0. The van der Waals surface area contributed by atoms with Crippen LogP contribution in [-0.4, -0.2) is 58.3 Å². The number of ether oxygens (including phenoxy) is 1. The Morgan fingerprint density at radius 2 is 2.12 bits per heavy atom. The summed E-state index contributed by atoms with van der Waals surface area (Å²) >= 11 is 0. The van der Waals surface area contributed by atoms with Crippen molar-refractivity contribution in [3.05, 3.63) is 0 Å². The molecule has 0 bridgehead atoms. The average molecular weight is 247 g/mol. The van der Waals surface area contributed by atoms with Crippen LogP contribution in [0.4, 0.5) is 0 Å². The summed E-state index contributed by atoms with van der Waals surface area (Å²) < 4.78 is 5.50. The van der Waals surface area contributed by atoms with Gasteiger partial charge in [-0.15, -0.1) is 0 Å². The van der Waals surface area contributed by atoms with Crippen molar-refractivity contribution in [3.8, 4) is 0 Å².